The Bertz CT molecular complexity index is 508. The summed E-state index contributed by atoms with van der Waals surface area (Å²) in [7, 11) is -1.19. The first-order valence-electron chi connectivity index (χ1n) is 4.78. The molecule has 0 radical (unpaired) electrons. The van der Waals surface area contributed by atoms with Crippen molar-refractivity contribution in [3.05, 3.63) is 51.7 Å². The summed E-state index contributed by atoms with van der Waals surface area (Å²) in [4.78, 5) is 5.00. The number of hydrogen-bond donors (Lipinski definition) is 0. The Morgan fingerprint density at radius 3 is 2.62 bits per heavy atom. The fourth-order valence-electron chi connectivity index (χ4n) is 1.41. The van der Waals surface area contributed by atoms with E-state index in [1.165, 1.54) is 0 Å². The second-order valence-electron chi connectivity index (χ2n) is 3.32. The molecule has 2 nitrogen and oxygen atoms in total. The number of pyridine rings is 1. The van der Waals surface area contributed by atoms with Crippen molar-refractivity contribution in [2.75, 3.05) is 0 Å². The maximum absolute atomic E-state index is 12.3. The van der Waals surface area contributed by atoms with Gasteiger partial charge >= 0.3 is 0 Å². The highest BCUT2D eigenvalue weighted by atomic mass is 127. The molecule has 1 aromatic carbocycles. The van der Waals surface area contributed by atoms with Crippen LogP contribution in [-0.2, 0) is 10.8 Å². The van der Waals surface area contributed by atoms with Gasteiger partial charge in [0.1, 0.15) is 15.8 Å². The third-order valence-electron chi connectivity index (χ3n) is 2.18. The van der Waals surface area contributed by atoms with Gasteiger partial charge < -0.3 is 0 Å². The molecule has 0 aliphatic heterocycles. The van der Waals surface area contributed by atoms with Crippen molar-refractivity contribution in [2.45, 2.75) is 16.8 Å². The van der Waals surface area contributed by atoms with Gasteiger partial charge in [-0.05, 0) is 53.3 Å². The molecule has 4 heteroatoms. The molecule has 0 N–H and O–H groups in total. The van der Waals surface area contributed by atoms with Crippen molar-refractivity contribution in [1.82, 2.24) is 4.98 Å². The van der Waals surface area contributed by atoms with E-state index >= 15 is 0 Å². The van der Waals surface area contributed by atoms with Crippen molar-refractivity contribution >= 4 is 33.4 Å². The summed E-state index contributed by atoms with van der Waals surface area (Å²) < 4.78 is 13.3. The van der Waals surface area contributed by atoms with E-state index in [-0.39, 0.29) is 0 Å². The molecule has 0 saturated heterocycles. The average molecular weight is 343 g/mol. The highest BCUT2D eigenvalue weighted by Crippen LogP contribution is 2.23. The van der Waals surface area contributed by atoms with Gasteiger partial charge in [-0.2, -0.15) is 0 Å². The highest BCUT2D eigenvalue weighted by Gasteiger charge is 2.13. The van der Waals surface area contributed by atoms with Crippen LogP contribution in [0.15, 0.2) is 52.5 Å². The number of aryl methyl sites for hydroxylation is 1. The number of hydrogen-bond acceptors (Lipinski definition) is 2. The Hall–Kier alpha value is -0.750. The van der Waals surface area contributed by atoms with E-state index in [1.54, 1.807) is 12.3 Å². The Kier molecular flexibility index (Phi) is 3.70. The lowest BCUT2D eigenvalue weighted by atomic mass is 10.2. The summed E-state index contributed by atoms with van der Waals surface area (Å²) >= 11 is 2.21. The van der Waals surface area contributed by atoms with Gasteiger partial charge in [-0.3, -0.25) is 0 Å². The van der Waals surface area contributed by atoms with Gasteiger partial charge in [0.25, 0.3) is 0 Å². The molecule has 0 aliphatic carbocycles. The van der Waals surface area contributed by atoms with Crippen LogP contribution in [0.1, 0.15) is 5.56 Å². The first-order chi connectivity index (χ1) is 7.70. The Balaban J connectivity index is 2.50. The molecule has 0 fully saturated rings. The van der Waals surface area contributed by atoms with Gasteiger partial charge in [-0.15, -0.1) is 0 Å². The van der Waals surface area contributed by atoms with Gasteiger partial charge in [-0.25, -0.2) is 9.19 Å². The minimum Gasteiger partial charge on any atom is -0.247 e. The Labute approximate surface area is 111 Å². The van der Waals surface area contributed by atoms with E-state index in [4.69, 9.17) is 0 Å². The van der Waals surface area contributed by atoms with Crippen molar-refractivity contribution in [1.29, 1.82) is 0 Å². The van der Waals surface area contributed by atoms with Gasteiger partial charge in [0, 0.05) is 9.77 Å². The fourth-order valence-corrected chi connectivity index (χ4v) is 3.82. The van der Waals surface area contributed by atoms with Gasteiger partial charge in [0.05, 0.1) is 4.90 Å². The molecular formula is C12H10INOS. The standard InChI is InChI=1S/C12H10INOS/c1-9-5-4-6-10(13)12(9)16(15)11-7-2-3-8-14-11/h2-8H,1H3. The maximum Gasteiger partial charge on any atom is 0.132 e. The molecule has 2 aromatic rings. The Morgan fingerprint density at radius 1 is 1.19 bits per heavy atom. The summed E-state index contributed by atoms with van der Waals surface area (Å²) in [6, 6.07) is 11.4. The number of nitrogens with zero attached hydrogens (tertiary/aromatic N) is 1. The molecule has 0 spiro atoms. The first kappa shape index (κ1) is 11.7. The molecule has 0 saturated carbocycles. The van der Waals surface area contributed by atoms with E-state index < -0.39 is 10.8 Å². The van der Waals surface area contributed by atoms with Crippen LogP contribution >= 0.6 is 22.6 Å². The van der Waals surface area contributed by atoms with E-state index in [1.807, 2.05) is 37.3 Å². The minimum atomic E-state index is -1.19. The molecule has 1 heterocycles. The average Bonchev–Trinajstić information content (AvgIpc) is 2.30. The summed E-state index contributed by atoms with van der Waals surface area (Å²) in [6.07, 6.45) is 1.67. The van der Waals surface area contributed by atoms with Crippen molar-refractivity contribution in [3.63, 3.8) is 0 Å². The first-order valence-corrected chi connectivity index (χ1v) is 7.01. The zero-order valence-corrected chi connectivity index (χ0v) is 11.7. The lowest BCUT2D eigenvalue weighted by Crippen LogP contribution is -2.00. The van der Waals surface area contributed by atoms with E-state index in [2.05, 4.69) is 27.6 Å². The van der Waals surface area contributed by atoms with Crippen LogP contribution in [-0.4, -0.2) is 9.19 Å². The quantitative estimate of drug-likeness (QED) is 0.784. The second-order valence-corrected chi connectivity index (χ2v) is 5.85. The van der Waals surface area contributed by atoms with Crippen LogP contribution in [0.5, 0.6) is 0 Å². The molecule has 0 aliphatic rings. The predicted molar refractivity (Wildman–Crippen MR) is 72.8 cm³/mol. The smallest absolute Gasteiger partial charge is 0.132 e. The van der Waals surface area contributed by atoms with Gasteiger partial charge in [-0.1, -0.05) is 18.2 Å². The lowest BCUT2D eigenvalue weighted by Gasteiger charge is -2.07. The van der Waals surface area contributed by atoms with E-state index in [0.29, 0.717) is 5.03 Å². The largest absolute Gasteiger partial charge is 0.247 e. The summed E-state index contributed by atoms with van der Waals surface area (Å²) in [5.74, 6) is 0. The van der Waals surface area contributed by atoms with Crippen LogP contribution in [0.3, 0.4) is 0 Å². The minimum absolute atomic E-state index is 0.606. The van der Waals surface area contributed by atoms with Crippen LogP contribution in [0.2, 0.25) is 0 Å². The summed E-state index contributed by atoms with van der Waals surface area (Å²) in [6.45, 7) is 1.97. The summed E-state index contributed by atoms with van der Waals surface area (Å²) in [5.41, 5.74) is 1.04. The molecule has 1 unspecified atom stereocenters. The number of rotatable bonds is 2. The molecule has 2 rings (SSSR count). The SMILES string of the molecule is Cc1cccc(I)c1S(=O)c1ccccn1. The molecule has 0 amide bonds. The lowest BCUT2D eigenvalue weighted by molar-refractivity contribution is 0.679. The number of halogens is 1. The second kappa shape index (κ2) is 5.05. The predicted octanol–water partition coefficient (Wildman–Crippen LogP) is 3.16. The molecule has 1 atom stereocenters. The van der Waals surface area contributed by atoms with E-state index in [9.17, 15) is 4.21 Å². The van der Waals surface area contributed by atoms with Crippen LogP contribution in [0.25, 0.3) is 0 Å². The Morgan fingerprint density at radius 2 is 2.00 bits per heavy atom. The van der Waals surface area contributed by atoms with E-state index in [0.717, 1.165) is 14.0 Å². The van der Waals surface area contributed by atoms with Crippen LogP contribution < -0.4 is 0 Å². The molecule has 0 bridgehead atoms. The zero-order chi connectivity index (χ0) is 11.5. The fraction of sp³-hybridized carbons (Fsp3) is 0.0833. The topological polar surface area (TPSA) is 30.0 Å². The monoisotopic (exact) mass is 343 g/mol. The van der Waals surface area contributed by atoms with Gasteiger partial charge in [0.2, 0.25) is 0 Å². The number of benzene rings is 1. The van der Waals surface area contributed by atoms with Gasteiger partial charge in [0.15, 0.2) is 0 Å². The van der Waals surface area contributed by atoms with Crippen LogP contribution in [0, 0.1) is 10.5 Å². The molecular weight excluding hydrogens is 333 g/mol. The van der Waals surface area contributed by atoms with Crippen molar-refractivity contribution in [2.24, 2.45) is 0 Å². The molecule has 82 valence electrons. The molecule has 16 heavy (non-hydrogen) atoms. The third-order valence-corrected chi connectivity index (χ3v) is 4.98. The van der Waals surface area contributed by atoms with Crippen molar-refractivity contribution in [3.8, 4) is 0 Å². The third kappa shape index (κ3) is 2.32. The summed E-state index contributed by atoms with van der Waals surface area (Å²) in [5, 5.41) is 0.606. The normalized spacial score (nSPS) is 12.4. The van der Waals surface area contributed by atoms with Crippen LogP contribution in [0.4, 0.5) is 0 Å². The van der Waals surface area contributed by atoms with Crippen molar-refractivity contribution < 1.29 is 4.21 Å². The zero-order valence-electron chi connectivity index (χ0n) is 8.68. The maximum atomic E-state index is 12.3. The molecule has 1 aromatic heterocycles. The highest BCUT2D eigenvalue weighted by molar-refractivity contribution is 14.1. The number of aromatic nitrogens is 1.